The number of amides is 1. The summed E-state index contributed by atoms with van der Waals surface area (Å²) in [5, 5.41) is 12.5. The molecule has 2 aromatic carbocycles. The minimum Gasteiger partial charge on any atom is -0.508 e. The number of aromatic hydroxyl groups is 1. The molecule has 2 atom stereocenters. The fraction of sp³-hybridized carbons (Fsp3) is 0.238. The van der Waals surface area contributed by atoms with Crippen molar-refractivity contribution < 1.29 is 14.3 Å². The number of aliphatic imine (C=N–C) groups is 1. The van der Waals surface area contributed by atoms with Gasteiger partial charge in [0.1, 0.15) is 21.9 Å². The predicted octanol–water partition coefficient (Wildman–Crippen LogP) is 3.14. The van der Waals surface area contributed by atoms with Crippen molar-refractivity contribution in [3.8, 4) is 17.6 Å². The van der Waals surface area contributed by atoms with Gasteiger partial charge in [0.05, 0.1) is 6.04 Å². The van der Waals surface area contributed by atoms with Crippen LogP contribution in [0.3, 0.4) is 0 Å². The monoisotopic (exact) mass is 382 g/mol. The van der Waals surface area contributed by atoms with Gasteiger partial charge < -0.3 is 10.4 Å². The van der Waals surface area contributed by atoms with Crippen LogP contribution >= 0.6 is 11.8 Å². The Morgan fingerprint density at radius 3 is 2.59 bits per heavy atom. The highest BCUT2D eigenvalue weighted by atomic mass is 32.2. The summed E-state index contributed by atoms with van der Waals surface area (Å²) in [6, 6.07) is 12.7. The lowest BCUT2D eigenvalue weighted by Gasteiger charge is -2.13. The molecule has 0 bridgehead atoms. The number of hydrogen-bond acceptors (Lipinski definition) is 4. The Kier molecular flexibility index (Phi) is 6.15. The highest BCUT2D eigenvalue weighted by Gasteiger charge is 2.32. The third-order valence-electron chi connectivity index (χ3n) is 4.06. The molecule has 1 heterocycles. The Balaban J connectivity index is 1.50. The van der Waals surface area contributed by atoms with Gasteiger partial charge in [-0.2, -0.15) is 0 Å². The standard InChI is InChI=1S/C21H19FN2O2S/c1-14-20(21(26)23-13-12-16-2-7-17(22)8-3-16)27-19(24-14)11-6-15-4-9-18(25)10-5-15/h2-5,7-10,14,20,25H,12-13H2,1H3,(H,23,26). The van der Waals surface area contributed by atoms with E-state index in [1.54, 1.807) is 36.4 Å². The van der Waals surface area contributed by atoms with Crippen LogP contribution in [0.1, 0.15) is 18.1 Å². The first-order valence-electron chi connectivity index (χ1n) is 8.59. The highest BCUT2D eigenvalue weighted by molar-refractivity contribution is 8.16. The number of carbonyl (C=O) groups is 1. The van der Waals surface area contributed by atoms with Crippen LogP contribution in [0.25, 0.3) is 0 Å². The maximum Gasteiger partial charge on any atom is 0.235 e. The van der Waals surface area contributed by atoms with Crippen LogP contribution in [0.15, 0.2) is 53.5 Å². The molecule has 3 rings (SSSR count). The maximum absolute atomic E-state index is 12.9. The first kappa shape index (κ1) is 19.0. The van der Waals surface area contributed by atoms with Crippen molar-refractivity contribution in [3.05, 3.63) is 65.5 Å². The molecule has 0 fully saturated rings. The van der Waals surface area contributed by atoms with Crippen molar-refractivity contribution in [1.29, 1.82) is 0 Å². The van der Waals surface area contributed by atoms with E-state index in [1.807, 2.05) is 6.92 Å². The van der Waals surface area contributed by atoms with Crippen molar-refractivity contribution in [2.24, 2.45) is 4.99 Å². The number of nitrogens with zero attached hydrogens (tertiary/aromatic N) is 1. The minimum absolute atomic E-state index is 0.0696. The highest BCUT2D eigenvalue weighted by Crippen LogP contribution is 2.26. The molecule has 0 spiro atoms. The summed E-state index contributed by atoms with van der Waals surface area (Å²) in [7, 11) is 0. The van der Waals surface area contributed by atoms with Gasteiger partial charge in [-0.1, -0.05) is 29.8 Å². The van der Waals surface area contributed by atoms with E-state index in [4.69, 9.17) is 0 Å². The van der Waals surface area contributed by atoms with E-state index in [2.05, 4.69) is 22.2 Å². The third kappa shape index (κ3) is 5.35. The molecule has 138 valence electrons. The van der Waals surface area contributed by atoms with Gasteiger partial charge in [-0.25, -0.2) is 4.39 Å². The summed E-state index contributed by atoms with van der Waals surface area (Å²) in [6.07, 6.45) is 0.645. The summed E-state index contributed by atoms with van der Waals surface area (Å²) in [4.78, 5) is 16.9. The van der Waals surface area contributed by atoms with Crippen LogP contribution in [0.2, 0.25) is 0 Å². The van der Waals surface area contributed by atoms with E-state index in [-0.39, 0.29) is 28.8 Å². The Morgan fingerprint density at radius 2 is 1.89 bits per heavy atom. The molecule has 0 aliphatic carbocycles. The van der Waals surface area contributed by atoms with E-state index < -0.39 is 0 Å². The Hall–Kier alpha value is -2.78. The number of halogens is 1. The predicted molar refractivity (Wildman–Crippen MR) is 106 cm³/mol. The van der Waals surface area contributed by atoms with Gasteiger partial charge >= 0.3 is 0 Å². The van der Waals surface area contributed by atoms with Gasteiger partial charge in [-0.05, 0) is 61.2 Å². The lowest BCUT2D eigenvalue weighted by atomic mass is 10.1. The van der Waals surface area contributed by atoms with Crippen LogP contribution in [-0.4, -0.2) is 33.9 Å². The minimum atomic E-state index is -0.303. The number of phenolic OH excluding ortho intramolecular Hbond substituents is 1. The molecule has 27 heavy (non-hydrogen) atoms. The van der Waals surface area contributed by atoms with Gasteiger partial charge in [0.2, 0.25) is 5.91 Å². The van der Waals surface area contributed by atoms with Gasteiger partial charge in [-0.15, -0.1) is 0 Å². The molecule has 1 aliphatic rings. The van der Waals surface area contributed by atoms with Crippen LogP contribution in [0, 0.1) is 17.7 Å². The first-order chi connectivity index (χ1) is 13.0. The molecule has 0 radical (unpaired) electrons. The largest absolute Gasteiger partial charge is 0.508 e. The molecule has 6 heteroatoms. The average molecular weight is 382 g/mol. The number of nitrogens with one attached hydrogen (secondary N) is 1. The summed E-state index contributed by atoms with van der Waals surface area (Å²) in [6.45, 7) is 2.38. The molecule has 2 N–H and O–H groups in total. The molecule has 2 aromatic rings. The lowest BCUT2D eigenvalue weighted by Crippen LogP contribution is -2.37. The van der Waals surface area contributed by atoms with Gasteiger partial charge in [0.15, 0.2) is 0 Å². The zero-order valence-corrected chi connectivity index (χ0v) is 15.6. The van der Waals surface area contributed by atoms with Crippen LogP contribution in [-0.2, 0) is 11.2 Å². The molecule has 1 amide bonds. The van der Waals surface area contributed by atoms with E-state index in [0.29, 0.717) is 18.0 Å². The zero-order valence-electron chi connectivity index (χ0n) is 14.8. The SMILES string of the molecule is CC1N=C(C#Cc2ccc(O)cc2)SC1C(=O)NCCc1ccc(F)cc1. The number of benzene rings is 2. The molecule has 0 saturated carbocycles. The molecule has 2 unspecified atom stereocenters. The smallest absolute Gasteiger partial charge is 0.235 e. The summed E-state index contributed by atoms with van der Waals surface area (Å²) in [5.74, 6) is 5.83. The van der Waals surface area contributed by atoms with Gasteiger partial charge in [-0.3, -0.25) is 9.79 Å². The number of hydrogen-bond donors (Lipinski definition) is 2. The third-order valence-corrected chi connectivity index (χ3v) is 5.36. The molecule has 0 saturated heterocycles. The van der Waals surface area contributed by atoms with Crippen molar-refractivity contribution in [2.45, 2.75) is 24.6 Å². The molecular weight excluding hydrogens is 363 g/mol. The van der Waals surface area contributed by atoms with Crippen LogP contribution < -0.4 is 5.32 Å². The number of phenols is 1. The topological polar surface area (TPSA) is 61.7 Å². The first-order valence-corrected chi connectivity index (χ1v) is 9.47. The molecular formula is C21H19FN2O2S. The summed E-state index contributed by atoms with van der Waals surface area (Å²) in [5.41, 5.74) is 1.75. The van der Waals surface area contributed by atoms with Crippen molar-refractivity contribution in [2.75, 3.05) is 6.54 Å². The second-order valence-corrected chi connectivity index (χ2v) is 7.31. The Morgan fingerprint density at radius 1 is 1.19 bits per heavy atom. The van der Waals surface area contributed by atoms with E-state index in [0.717, 1.165) is 11.1 Å². The van der Waals surface area contributed by atoms with Crippen LogP contribution in [0.5, 0.6) is 5.75 Å². The van der Waals surface area contributed by atoms with Crippen molar-refractivity contribution in [3.63, 3.8) is 0 Å². The molecule has 4 nitrogen and oxygen atoms in total. The van der Waals surface area contributed by atoms with E-state index in [1.165, 1.54) is 23.9 Å². The summed E-state index contributed by atoms with van der Waals surface area (Å²) >= 11 is 1.36. The second kappa shape index (κ2) is 8.74. The van der Waals surface area contributed by atoms with E-state index >= 15 is 0 Å². The molecule has 1 aliphatic heterocycles. The Bertz CT molecular complexity index is 899. The maximum atomic E-state index is 12.9. The normalized spacial score (nSPS) is 18.4. The van der Waals surface area contributed by atoms with Gasteiger partial charge in [0, 0.05) is 12.1 Å². The van der Waals surface area contributed by atoms with Crippen molar-refractivity contribution >= 4 is 22.7 Å². The van der Waals surface area contributed by atoms with Crippen molar-refractivity contribution in [1.82, 2.24) is 5.32 Å². The second-order valence-electron chi connectivity index (χ2n) is 6.18. The van der Waals surface area contributed by atoms with Gasteiger partial charge in [0.25, 0.3) is 0 Å². The average Bonchev–Trinajstić information content (AvgIpc) is 3.03. The number of thioether (sulfide) groups is 1. The van der Waals surface area contributed by atoms with E-state index in [9.17, 15) is 14.3 Å². The Labute approximate surface area is 161 Å². The fourth-order valence-electron chi connectivity index (χ4n) is 2.59. The lowest BCUT2D eigenvalue weighted by molar-refractivity contribution is -0.120. The fourth-order valence-corrected chi connectivity index (χ4v) is 3.61. The zero-order chi connectivity index (χ0) is 19.2. The van der Waals surface area contributed by atoms with Crippen LogP contribution in [0.4, 0.5) is 4.39 Å². The quantitative estimate of drug-likeness (QED) is 0.799. The number of carbonyl (C=O) groups excluding carboxylic acids is 1. The summed E-state index contributed by atoms with van der Waals surface area (Å²) < 4.78 is 12.9. The molecule has 0 aromatic heterocycles. The number of rotatable bonds is 4.